The molecule has 1 saturated carbocycles. The van der Waals surface area contributed by atoms with Crippen LogP contribution in [0.15, 0.2) is 5.16 Å². The molecule has 2 amide bonds. The highest BCUT2D eigenvalue weighted by atomic mass is 16.4. The molecule has 0 aromatic heterocycles. The second-order valence-electron chi connectivity index (χ2n) is 4.89. The van der Waals surface area contributed by atoms with Crippen LogP contribution in [-0.4, -0.2) is 41.1 Å². The standard InChI is InChI=1S/C11H20N4O2/c12-10(14-17)8-3-2-6-15(7-8)11(16)13-9-4-1-5-9/h8-9,17H,1-7H2,(H2,12,14)(H,13,16). The lowest BCUT2D eigenvalue weighted by Crippen LogP contribution is -2.51. The van der Waals surface area contributed by atoms with Gasteiger partial charge in [-0.1, -0.05) is 5.16 Å². The lowest BCUT2D eigenvalue weighted by molar-refractivity contribution is 0.167. The van der Waals surface area contributed by atoms with Gasteiger partial charge in [0.15, 0.2) is 0 Å². The van der Waals surface area contributed by atoms with Gasteiger partial charge >= 0.3 is 6.03 Å². The van der Waals surface area contributed by atoms with Gasteiger partial charge in [0, 0.05) is 25.0 Å². The van der Waals surface area contributed by atoms with E-state index in [4.69, 9.17) is 10.9 Å². The van der Waals surface area contributed by atoms with Crippen molar-refractivity contribution in [1.29, 1.82) is 0 Å². The number of rotatable bonds is 2. The summed E-state index contributed by atoms with van der Waals surface area (Å²) in [5.41, 5.74) is 5.59. The summed E-state index contributed by atoms with van der Waals surface area (Å²) >= 11 is 0. The first-order valence-corrected chi connectivity index (χ1v) is 6.23. The second-order valence-corrected chi connectivity index (χ2v) is 4.89. The van der Waals surface area contributed by atoms with Gasteiger partial charge in [0.25, 0.3) is 0 Å². The molecule has 2 aliphatic rings. The van der Waals surface area contributed by atoms with Crippen LogP contribution in [0.5, 0.6) is 0 Å². The quantitative estimate of drug-likeness (QED) is 0.287. The fourth-order valence-corrected chi connectivity index (χ4v) is 2.30. The zero-order valence-corrected chi connectivity index (χ0v) is 9.93. The van der Waals surface area contributed by atoms with Gasteiger partial charge in [-0.3, -0.25) is 0 Å². The number of nitrogens with two attached hydrogens (primary N) is 1. The van der Waals surface area contributed by atoms with E-state index in [2.05, 4.69) is 10.5 Å². The Morgan fingerprint density at radius 1 is 1.35 bits per heavy atom. The summed E-state index contributed by atoms with van der Waals surface area (Å²) in [5.74, 6) is 0.215. The molecule has 2 rings (SSSR count). The Balaban J connectivity index is 1.85. The first-order valence-electron chi connectivity index (χ1n) is 6.23. The van der Waals surface area contributed by atoms with Gasteiger partial charge in [-0.2, -0.15) is 0 Å². The Morgan fingerprint density at radius 2 is 2.12 bits per heavy atom. The fraction of sp³-hybridized carbons (Fsp3) is 0.818. The molecule has 1 aliphatic heterocycles. The second kappa shape index (κ2) is 5.25. The first-order chi connectivity index (χ1) is 8.20. The van der Waals surface area contributed by atoms with Crippen LogP contribution in [0.25, 0.3) is 0 Å². The van der Waals surface area contributed by atoms with Gasteiger partial charge in [-0.05, 0) is 32.1 Å². The Morgan fingerprint density at radius 3 is 2.71 bits per heavy atom. The molecule has 1 heterocycles. The third kappa shape index (κ3) is 2.81. The van der Waals surface area contributed by atoms with Gasteiger partial charge in [0.1, 0.15) is 5.84 Å². The number of carbonyl (C=O) groups is 1. The van der Waals surface area contributed by atoms with Crippen LogP contribution in [-0.2, 0) is 0 Å². The summed E-state index contributed by atoms with van der Waals surface area (Å²) in [6.45, 7) is 1.31. The molecule has 1 saturated heterocycles. The molecule has 1 unspecified atom stereocenters. The number of carbonyl (C=O) groups excluding carboxylic acids is 1. The molecule has 96 valence electrons. The van der Waals surface area contributed by atoms with E-state index < -0.39 is 0 Å². The van der Waals surface area contributed by atoms with Crippen molar-refractivity contribution in [2.75, 3.05) is 13.1 Å². The number of hydrogen-bond donors (Lipinski definition) is 3. The van der Waals surface area contributed by atoms with E-state index in [0.29, 0.717) is 12.6 Å². The molecular weight excluding hydrogens is 220 g/mol. The molecule has 0 spiro atoms. The third-order valence-electron chi connectivity index (χ3n) is 3.68. The molecule has 2 fully saturated rings. The van der Waals surface area contributed by atoms with Crippen molar-refractivity contribution in [3.8, 4) is 0 Å². The van der Waals surface area contributed by atoms with E-state index in [1.165, 1.54) is 6.42 Å². The molecule has 6 nitrogen and oxygen atoms in total. The van der Waals surface area contributed by atoms with Crippen LogP contribution in [0.4, 0.5) is 4.79 Å². The van der Waals surface area contributed by atoms with Gasteiger partial charge in [-0.15, -0.1) is 0 Å². The van der Waals surface area contributed by atoms with Crippen molar-refractivity contribution in [2.45, 2.75) is 38.1 Å². The highest BCUT2D eigenvalue weighted by Gasteiger charge is 2.28. The average molecular weight is 240 g/mol. The largest absolute Gasteiger partial charge is 0.409 e. The number of amidine groups is 1. The van der Waals surface area contributed by atoms with Crippen LogP contribution in [0.3, 0.4) is 0 Å². The number of oxime groups is 1. The Labute approximate surface area is 101 Å². The van der Waals surface area contributed by atoms with Crippen molar-refractivity contribution < 1.29 is 10.0 Å². The number of piperidine rings is 1. The van der Waals surface area contributed by atoms with Crippen molar-refractivity contribution in [3.05, 3.63) is 0 Å². The molecule has 4 N–H and O–H groups in total. The number of nitrogens with zero attached hydrogens (tertiary/aromatic N) is 2. The zero-order chi connectivity index (χ0) is 12.3. The number of likely N-dealkylation sites (tertiary alicyclic amines) is 1. The molecule has 6 heteroatoms. The van der Waals surface area contributed by atoms with Gasteiger partial charge in [0.05, 0.1) is 0 Å². The summed E-state index contributed by atoms with van der Waals surface area (Å²) in [4.78, 5) is 13.7. The lowest BCUT2D eigenvalue weighted by Gasteiger charge is -2.35. The predicted octanol–water partition coefficient (Wildman–Crippen LogP) is 0.707. The van der Waals surface area contributed by atoms with Crippen LogP contribution in [0.2, 0.25) is 0 Å². The SMILES string of the molecule is NC(=NO)C1CCCN(C(=O)NC2CCC2)C1. The topological polar surface area (TPSA) is 91.0 Å². The number of urea groups is 1. The molecule has 0 aromatic rings. The predicted molar refractivity (Wildman–Crippen MR) is 63.9 cm³/mol. The summed E-state index contributed by atoms with van der Waals surface area (Å²) in [7, 11) is 0. The summed E-state index contributed by atoms with van der Waals surface area (Å²) < 4.78 is 0. The van der Waals surface area contributed by atoms with E-state index in [9.17, 15) is 4.79 Å². The molecule has 17 heavy (non-hydrogen) atoms. The molecule has 0 aromatic carbocycles. The zero-order valence-electron chi connectivity index (χ0n) is 9.93. The van der Waals surface area contributed by atoms with E-state index in [1.807, 2.05) is 0 Å². The van der Waals surface area contributed by atoms with Crippen LogP contribution in [0.1, 0.15) is 32.1 Å². The van der Waals surface area contributed by atoms with Gasteiger partial charge in [0.2, 0.25) is 0 Å². The highest BCUT2D eigenvalue weighted by molar-refractivity contribution is 5.83. The maximum absolute atomic E-state index is 11.9. The molecular formula is C11H20N4O2. The Hall–Kier alpha value is -1.46. The Kier molecular flexibility index (Phi) is 3.71. The summed E-state index contributed by atoms with van der Waals surface area (Å²) in [6.07, 6.45) is 5.16. The number of hydrogen-bond acceptors (Lipinski definition) is 3. The minimum Gasteiger partial charge on any atom is -0.409 e. The van der Waals surface area contributed by atoms with Crippen molar-refractivity contribution in [1.82, 2.24) is 10.2 Å². The van der Waals surface area contributed by atoms with E-state index in [0.717, 1.165) is 32.2 Å². The molecule has 0 radical (unpaired) electrons. The number of nitrogens with one attached hydrogen (secondary N) is 1. The van der Waals surface area contributed by atoms with Crippen molar-refractivity contribution in [3.63, 3.8) is 0 Å². The minimum atomic E-state index is -0.0131. The smallest absolute Gasteiger partial charge is 0.317 e. The Bertz CT molecular complexity index is 315. The normalized spacial score (nSPS) is 26.5. The van der Waals surface area contributed by atoms with Crippen LogP contribution < -0.4 is 11.1 Å². The van der Waals surface area contributed by atoms with Gasteiger partial charge in [-0.25, -0.2) is 4.79 Å². The monoisotopic (exact) mass is 240 g/mol. The average Bonchev–Trinajstić information content (AvgIpc) is 2.32. The third-order valence-corrected chi connectivity index (χ3v) is 3.68. The summed E-state index contributed by atoms with van der Waals surface area (Å²) in [6, 6.07) is 0.344. The van der Waals surface area contributed by atoms with E-state index in [1.54, 1.807) is 4.90 Å². The minimum absolute atomic E-state index is 0.00913. The first kappa shape index (κ1) is 12.0. The van der Waals surface area contributed by atoms with Gasteiger partial charge < -0.3 is 21.2 Å². The van der Waals surface area contributed by atoms with Crippen molar-refractivity contribution in [2.24, 2.45) is 16.8 Å². The van der Waals surface area contributed by atoms with Crippen molar-refractivity contribution >= 4 is 11.9 Å². The molecule has 0 bridgehead atoms. The maximum Gasteiger partial charge on any atom is 0.317 e. The molecule has 1 atom stereocenters. The maximum atomic E-state index is 11.9. The fourth-order valence-electron chi connectivity index (χ4n) is 2.30. The lowest BCUT2D eigenvalue weighted by atomic mass is 9.93. The summed E-state index contributed by atoms with van der Waals surface area (Å²) in [5, 5.41) is 14.7. The van der Waals surface area contributed by atoms with Crippen LogP contribution >= 0.6 is 0 Å². The van der Waals surface area contributed by atoms with E-state index in [-0.39, 0.29) is 17.8 Å². The molecule has 1 aliphatic carbocycles. The highest BCUT2D eigenvalue weighted by Crippen LogP contribution is 2.20. The van der Waals surface area contributed by atoms with Crippen LogP contribution in [0, 0.1) is 5.92 Å². The van der Waals surface area contributed by atoms with E-state index >= 15 is 0 Å². The number of amides is 2.